The van der Waals surface area contributed by atoms with Crippen LogP contribution < -0.4 is 10.1 Å². The number of pyridine rings is 1. The van der Waals surface area contributed by atoms with E-state index in [0.29, 0.717) is 0 Å². The van der Waals surface area contributed by atoms with Crippen LogP contribution in [-0.4, -0.2) is 18.6 Å². The molecular weight excluding hydrogens is 212 g/mol. The molecule has 0 spiro atoms. The van der Waals surface area contributed by atoms with Crippen LogP contribution in [0.15, 0.2) is 12.1 Å². The molecule has 0 bridgehead atoms. The number of aromatic nitrogens is 1. The average molecular weight is 236 g/mol. The fraction of sp³-hybridized carbons (Fsp3) is 0.643. The monoisotopic (exact) mass is 236 g/mol. The molecule has 1 N–H and O–H groups in total. The second-order valence-electron chi connectivity index (χ2n) is 5.33. The molecule has 0 fully saturated rings. The summed E-state index contributed by atoms with van der Waals surface area (Å²) < 4.78 is 5.64. The minimum Gasteiger partial charge on any atom is -0.478 e. The lowest BCUT2D eigenvalue weighted by molar-refractivity contribution is 0.302. The highest BCUT2D eigenvalue weighted by atomic mass is 16.5. The minimum absolute atomic E-state index is 0.0497. The van der Waals surface area contributed by atoms with E-state index in [2.05, 4.69) is 44.1 Å². The first-order valence-electron chi connectivity index (χ1n) is 6.26. The van der Waals surface area contributed by atoms with Gasteiger partial charge in [-0.3, -0.25) is 0 Å². The van der Waals surface area contributed by atoms with Gasteiger partial charge in [-0.2, -0.15) is 0 Å². The SMILES string of the molecule is CCCOc1cc(CNC)cc(C(C)(C)C)n1. The second-order valence-corrected chi connectivity index (χ2v) is 5.33. The summed E-state index contributed by atoms with van der Waals surface area (Å²) in [5, 5.41) is 3.16. The van der Waals surface area contributed by atoms with E-state index in [1.54, 1.807) is 0 Å². The fourth-order valence-electron chi connectivity index (χ4n) is 1.53. The molecule has 0 saturated heterocycles. The summed E-state index contributed by atoms with van der Waals surface area (Å²) in [5.74, 6) is 0.740. The third-order valence-electron chi connectivity index (χ3n) is 2.47. The molecule has 0 atom stereocenters. The van der Waals surface area contributed by atoms with E-state index in [9.17, 15) is 0 Å². The molecule has 1 aromatic rings. The first kappa shape index (κ1) is 14.0. The smallest absolute Gasteiger partial charge is 0.213 e. The number of nitrogens with one attached hydrogen (secondary N) is 1. The maximum atomic E-state index is 5.64. The zero-order valence-corrected chi connectivity index (χ0v) is 11.6. The second kappa shape index (κ2) is 6.01. The third kappa shape index (κ3) is 4.35. The van der Waals surface area contributed by atoms with Crippen LogP contribution in [0.4, 0.5) is 0 Å². The largest absolute Gasteiger partial charge is 0.478 e. The molecule has 3 heteroatoms. The molecule has 96 valence electrons. The van der Waals surface area contributed by atoms with E-state index < -0.39 is 0 Å². The molecule has 1 aromatic heterocycles. The van der Waals surface area contributed by atoms with Gasteiger partial charge in [0, 0.05) is 18.0 Å². The molecular formula is C14H24N2O. The van der Waals surface area contributed by atoms with Gasteiger partial charge in [0.25, 0.3) is 0 Å². The Morgan fingerprint density at radius 1 is 1.29 bits per heavy atom. The summed E-state index contributed by atoms with van der Waals surface area (Å²) in [6.45, 7) is 10.2. The van der Waals surface area contributed by atoms with Gasteiger partial charge in [0.1, 0.15) is 0 Å². The molecule has 0 aliphatic rings. The maximum Gasteiger partial charge on any atom is 0.213 e. The van der Waals surface area contributed by atoms with E-state index in [1.165, 1.54) is 5.56 Å². The molecule has 0 amide bonds. The van der Waals surface area contributed by atoms with E-state index in [4.69, 9.17) is 4.74 Å². The summed E-state index contributed by atoms with van der Waals surface area (Å²) in [7, 11) is 1.95. The van der Waals surface area contributed by atoms with Gasteiger partial charge in [0.15, 0.2) is 0 Å². The molecule has 3 nitrogen and oxygen atoms in total. The van der Waals surface area contributed by atoms with E-state index in [1.807, 2.05) is 13.1 Å². The Kier molecular flexibility index (Phi) is 4.94. The van der Waals surface area contributed by atoms with Gasteiger partial charge >= 0.3 is 0 Å². The van der Waals surface area contributed by atoms with Gasteiger partial charge in [-0.1, -0.05) is 27.7 Å². The highest BCUT2D eigenvalue weighted by Gasteiger charge is 2.17. The first-order chi connectivity index (χ1) is 7.97. The quantitative estimate of drug-likeness (QED) is 0.853. The molecule has 0 saturated carbocycles. The zero-order chi connectivity index (χ0) is 12.9. The van der Waals surface area contributed by atoms with Crippen molar-refractivity contribution in [3.8, 4) is 5.88 Å². The average Bonchev–Trinajstić information content (AvgIpc) is 2.25. The molecule has 0 aromatic carbocycles. The van der Waals surface area contributed by atoms with Crippen LogP contribution in [0.3, 0.4) is 0 Å². The Morgan fingerprint density at radius 2 is 2.00 bits per heavy atom. The Labute approximate surface area is 105 Å². The van der Waals surface area contributed by atoms with Gasteiger partial charge in [-0.05, 0) is 25.1 Å². The van der Waals surface area contributed by atoms with E-state index in [-0.39, 0.29) is 5.41 Å². The van der Waals surface area contributed by atoms with Crippen molar-refractivity contribution in [3.05, 3.63) is 23.4 Å². The van der Waals surface area contributed by atoms with Crippen LogP contribution in [-0.2, 0) is 12.0 Å². The molecule has 17 heavy (non-hydrogen) atoms. The Balaban J connectivity index is 3.01. The Bertz CT molecular complexity index is 356. The van der Waals surface area contributed by atoms with Gasteiger partial charge in [-0.15, -0.1) is 0 Å². The number of rotatable bonds is 5. The van der Waals surface area contributed by atoms with Crippen molar-refractivity contribution in [3.63, 3.8) is 0 Å². The molecule has 0 aliphatic carbocycles. The van der Waals surface area contributed by atoms with Crippen LogP contribution in [0.2, 0.25) is 0 Å². The number of nitrogens with zero attached hydrogens (tertiary/aromatic N) is 1. The zero-order valence-electron chi connectivity index (χ0n) is 11.6. The number of hydrogen-bond donors (Lipinski definition) is 1. The van der Waals surface area contributed by atoms with Crippen molar-refractivity contribution >= 4 is 0 Å². The summed E-state index contributed by atoms with van der Waals surface area (Å²) in [5.41, 5.74) is 2.35. The van der Waals surface area contributed by atoms with E-state index in [0.717, 1.165) is 31.1 Å². The topological polar surface area (TPSA) is 34.1 Å². The third-order valence-corrected chi connectivity index (χ3v) is 2.47. The normalized spacial score (nSPS) is 11.6. The van der Waals surface area contributed by atoms with Crippen molar-refractivity contribution in [2.45, 2.75) is 46.1 Å². The Morgan fingerprint density at radius 3 is 2.53 bits per heavy atom. The molecule has 0 aliphatic heterocycles. The molecule has 1 heterocycles. The molecule has 0 unspecified atom stereocenters. The van der Waals surface area contributed by atoms with Crippen LogP contribution in [0.25, 0.3) is 0 Å². The van der Waals surface area contributed by atoms with Crippen molar-refractivity contribution in [1.82, 2.24) is 10.3 Å². The lowest BCUT2D eigenvalue weighted by atomic mass is 9.91. The van der Waals surface area contributed by atoms with Crippen molar-refractivity contribution < 1.29 is 4.74 Å². The fourth-order valence-corrected chi connectivity index (χ4v) is 1.53. The van der Waals surface area contributed by atoms with Crippen molar-refractivity contribution in [2.75, 3.05) is 13.7 Å². The summed E-state index contributed by atoms with van der Waals surface area (Å²) in [6.07, 6.45) is 1.00. The van der Waals surface area contributed by atoms with Crippen molar-refractivity contribution in [1.29, 1.82) is 0 Å². The van der Waals surface area contributed by atoms with Gasteiger partial charge in [-0.25, -0.2) is 4.98 Å². The Hall–Kier alpha value is -1.09. The lowest BCUT2D eigenvalue weighted by Crippen LogP contribution is -2.16. The maximum absolute atomic E-state index is 5.64. The first-order valence-corrected chi connectivity index (χ1v) is 6.26. The predicted octanol–water partition coefficient (Wildman–Crippen LogP) is 2.89. The minimum atomic E-state index is 0.0497. The highest BCUT2D eigenvalue weighted by Crippen LogP contribution is 2.24. The van der Waals surface area contributed by atoms with Crippen LogP contribution >= 0.6 is 0 Å². The highest BCUT2D eigenvalue weighted by molar-refractivity contribution is 5.28. The molecule has 0 radical (unpaired) electrons. The summed E-state index contributed by atoms with van der Waals surface area (Å²) >= 11 is 0. The van der Waals surface area contributed by atoms with Crippen LogP contribution in [0, 0.1) is 0 Å². The van der Waals surface area contributed by atoms with Crippen molar-refractivity contribution in [2.24, 2.45) is 0 Å². The number of hydrogen-bond acceptors (Lipinski definition) is 3. The van der Waals surface area contributed by atoms with E-state index >= 15 is 0 Å². The summed E-state index contributed by atoms with van der Waals surface area (Å²) in [4.78, 5) is 4.57. The number of ether oxygens (including phenoxy) is 1. The molecule has 1 rings (SSSR count). The predicted molar refractivity (Wildman–Crippen MR) is 71.5 cm³/mol. The summed E-state index contributed by atoms with van der Waals surface area (Å²) in [6, 6.07) is 4.16. The van der Waals surface area contributed by atoms with Gasteiger partial charge in [0.2, 0.25) is 5.88 Å². The standard InChI is InChI=1S/C14H24N2O/c1-6-7-17-13-9-11(10-15-5)8-12(16-13)14(2,3)4/h8-9,15H,6-7,10H2,1-5H3. The van der Waals surface area contributed by atoms with Gasteiger partial charge in [0.05, 0.1) is 12.3 Å². The lowest BCUT2D eigenvalue weighted by Gasteiger charge is -2.20. The van der Waals surface area contributed by atoms with Crippen LogP contribution in [0.1, 0.15) is 45.4 Å². The van der Waals surface area contributed by atoms with Crippen LogP contribution in [0.5, 0.6) is 5.88 Å². The van der Waals surface area contributed by atoms with Gasteiger partial charge < -0.3 is 10.1 Å².